The molecule has 1 aromatic rings. The van der Waals surface area contributed by atoms with Gasteiger partial charge in [0.25, 0.3) is 8.32 Å². The first-order chi connectivity index (χ1) is 9.12. The van der Waals surface area contributed by atoms with E-state index in [1.807, 2.05) is 20.0 Å². The van der Waals surface area contributed by atoms with E-state index in [1.54, 1.807) is 0 Å². The normalized spacial score (nSPS) is 12.2. The first-order valence-electron chi connectivity index (χ1n) is 6.73. The van der Waals surface area contributed by atoms with Crippen molar-refractivity contribution in [3.05, 3.63) is 23.5 Å². The highest BCUT2D eigenvalue weighted by Gasteiger charge is 2.39. The highest BCUT2D eigenvalue weighted by atomic mass is 28.4. The van der Waals surface area contributed by atoms with E-state index in [-0.39, 0.29) is 16.4 Å². The van der Waals surface area contributed by atoms with E-state index in [2.05, 4.69) is 20.8 Å². The van der Waals surface area contributed by atoms with Crippen LogP contribution in [0.1, 0.15) is 38.1 Å². The zero-order chi connectivity index (χ0) is 15.6. The first-order valence-corrected chi connectivity index (χ1v) is 9.63. The lowest BCUT2D eigenvalue weighted by molar-refractivity contribution is 0.111. The summed E-state index contributed by atoms with van der Waals surface area (Å²) < 4.78 is 25.5. The highest BCUT2D eigenvalue weighted by molar-refractivity contribution is 6.74. The standard InChI is InChI=1S/C15H23FO3Si/c1-7-18-12-8-11(10-17)14(16)13(9-12)19-20(5,6)15(2,3)4/h8-10H,7H2,1-6H3. The lowest BCUT2D eigenvalue weighted by Gasteiger charge is -2.36. The van der Waals surface area contributed by atoms with Gasteiger partial charge < -0.3 is 9.16 Å². The molecule has 0 N–H and O–H groups in total. The van der Waals surface area contributed by atoms with Crippen molar-refractivity contribution in [1.29, 1.82) is 0 Å². The summed E-state index contributed by atoms with van der Waals surface area (Å²) >= 11 is 0. The van der Waals surface area contributed by atoms with Crippen LogP contribution in [0.15, 0.2) is 12.1 Å². The van der Waals surface area contributed by atoms with Crippen LogP contribution in [-0.4, -0.2) is 21.2 Å². The summed E-state index contributed by atoms with van der Waals surface area (Å²) in [6.45, 7) is 12.6. The predicted octanol–water partition coefficient (Wildman–Crippen LogP) is 4.42. The molecule has 112 valence electrons. The lowest BCUT2D eigenvalue weighted by Crippen LogP contribution is -2.44. The molecular weight excluding hydrogens is 275 g/mol. The summed E-state index contributed by atoms with van der Waals surface area (Å²) in [5, 5.41) is -0.0532. The maximum absolute atomic E-state index is 14.2. The summed E-state index contributed by atoms with van der Waals surface area (Å²) in [4.78, 5) is 11.0. The van der Waals surface area contributed by atoms with Crippen molar-refractivity contribution in [3.63, 3.8) is 0 Å². The SMILES string of the molecule is CCOc1cc(C=O)c(F)c(O[Si](C)(C)C(C)(C)C)c1. The Balaban J connectivity index is 3.23. The van der Waals surface area contributed by atoms with Gasteiger partial charge >= 0.3 is 0 Å². The zero-order valence-corrected chi connectivity index (χ0v) is 14.0. The predicted molar refractivity (Wildman–Crippen MR) is 80.8 cm³/mol. The number of halogens is 1. The third kappa shape index (κ3) is 3.60. The second-order valence-corrected chi connectivity index (χ2v) is 11.0. The fraction of sp³-hybridized carbons (Fsp3) is 0.533. The fourth-order valence-electron chi connectivity index (χ4n) is 1.43. The average molecular weight is 298 g/mol. The second-order valence-electron chi connectivity index (χ2n) is 6.24. The fourth-order valence-corrected chi connectivity index (χ4v) is 2.44. The molecule has 0 amide bonds. The number of hydrogen-bond donors (Lipinski definition) is 0. The number of hydrogen-bond acceptors (Lipinski definition) is 3. The third-order valence-corrected chi connectivity index (χ3v) is 7.99. The molecule has 0 heterocycles. The van der Waals surface area contributed by atoms with Gasteiger partial charge in [-0.05, 0) is 31.1 Å². The molecule has 0 atom stereocenters. The minimum absolute atomic E-state index is 0.0374. The Bertz CT molecular complexity index is 493. The molecule has 0 radical (unpaired) electrons. The topological polar surface area (TPSA) is 35.5 Å². The molecule has 0 aromatic heterocycles. The van der Waals surface area contributed by atoms with E-state index in [0.29, 0.717) is 18.6 Å². The molecule has 0 spiro atoms. The number of benzene rings is 1. The van der Waals surface area contributed by atoms with Gasteiger partial charge in [0.2, 0.25) is 0 Å². The Hall–Kier alpha value is -1.36. The van der Waals surface area contributed by atoms with Crippen molar-refractivity contribution >= 4 is 14.6 Å². The molecule has 0 aliphatic heterocycles. The lowest BCUT2D eigenvalue weighted by atomic mass is 10.2. The van der Waals surface area contributed by atoms with Crippen molar-refractivity contribution in [2.24, 2.45) is 0 Å². The minimum Gasteiger partial charge on any atom is -0.541 e. The van der Waals surface area contributed by atoms with Crippen LogP contribution >= 0.6 is 0 Å². The number of carbonyl (C=O) groups is 1. The van der Waals surface area contributed by atoms with Gasteiger partial charge in [-0.25, -0.2) is 4.39 Å². The summed E-state index contributed by atoms with van der Waals surface area (Å²) in [6.07, 6.45) is 0.482. The summed E-state index contributed by atoms with van der Waals surface area (Å²) in [5.41, 5.74) is -0.0374. The van der Waals surface area contributed by atoms with Crippen molar-refractivity contribution in [2.45, 2.75) is 45.8 Å². The molecule has 1 aromatic carbocycles. The van der Waals surface area contributed by atoms with Gasteiger partial charge in [0.1, 0.15) is 11.5 Å². The number of ether oxygens (including phenoxy) is 1. The molecule has 0 saturated heterocycles. The van der Waals surface area contributed by atoms with Gasteiger partial charge in [-0.1, -0.05) is 20.8 Å². The quantitative estimate of drug-likeness (QED) is 0.596. The van der Waals surface area contributed by atoms with E-state index in [9.17, 15) is 9.18 Å². The van der Waals surface area contributed by atoms with Crippen LogP contribution in [0.2, 0.25) is 18.1 Å². The Morgan fingerprint density at radius 2 is 1.90 bits per heavy atom. The van der Waals surface area contributed by atoms with Gasteiger partial charge in [0.05, 0.1) is 12.2 Å². The molecule has 0 bridgehead atoms. The molecule has 0 saturated carbocycles. The number of rotatable bonds is 5. The van der Waals surface area contributed by atoms with Gasteiger partial charge in [0, 0.05) is 6.07 Å². The van der Waals surface area contributed by atoms with E-state index in [1.165, 1.54) is 12.1 Å². The minimum atomic E-state index is -2.17. The third-order valence-electron chi connectivity index (χ3n) is 3.65. The average Bonchev–Trinajstić information content (AvgIpc) is 2.31. The van der Waals surface area contributed by atoms with E-state index < -0.39 is 14.1 Å². The molecule has 3 nitrogen and oxygen atoms in total. The molecule has 1 rings (SSSR count). The molecule has 0 aliphatic carbocycles. The van der Waals surface area contributed by atoms with Crippen LogP contribution in [0, 0.1) is 5.82 Å². The monoisotopic (exact) mass is 298 g/mol. The smallest absolute Gasteiger partial charge is 0.250 e. The van der Waals surface area contributed by atoms with Crippen molar-refractivity contribution in [1.82, 2.24) is 0 Å². The van der Waals surface area contributed by atoms with Crippen LogP contribution < -0.4 is 9.16 Å². The largest absolute Gasteiger partial charge is 0.541 e. The van der Waals surface area contributed by atoms with Gasteiger partial charge in [-0.2, -0.15) is 0 Å². The van der Waals surface area contributed by atoms with Crippen LogP contribution in [0.25, 0.3) is 0 Å². The Morgan fingerprint density at radius 1 is 1.30 bits per heavy atom. The van der Waals surface area contributed by atoms with Crippen LogP contribution in [0.3, 0.4) is 0 Å². The van der Waals surface area contributed by atoms with Crippen molar-refractivity contribution in [2.75, 3.05) is 6.61 Å². The van der Waals surface area contributed by atoms with E-state index >= 15 is 0 Å². The number of aldehydes is 1. The summed E-state index contributed by atoms with van der Waals surface area (Å²) in [7, 11) is -2.17. The van der Waals surface area contributed by atoms with Gasteiger partial charge in [-0.3, -0.25) is 4.79 Å². The molecular formula is C15H23FO3Si. The molecule has 0 fully saturated rings. The summed E-state index contributed by atoms with van der Waals surface area (Å²) in [5.74, 6) is -0.0670. The van der Waals surface area contributed by atoms with E-state index in [4.69, 9.17) is 9.16 Å². The van der Waals surface area contributed by atoms with Crippen LogP contribution in [0.4, 0.5) is 4.39 Å². The zero-order valence-electron chi connectivity index (χ0n) is 13.0. The maximum atomic E-state index is 14.2. The first kappa shape index (κ1) is 16.7. The van der Waals surface area contributed by atoms with Crippen molar-refractivity contribution < 1.29 is 18.3 Å². The number of carbonyl (C=O) groups excluding carboxylic acids is 1. The molecule has 0 unspecified atom stereocenters. The molecule has 0 aliphatic rings. The van der Waals surface area contributed by atoms with Crippen LogP contribution in [0.5, 0.6) is 11.5 Å². The Morgan fingerprint density at radius 3 is 2.35 bits per heavy atom. The maximum Gasteiger partial charge on any atom is 0.250 e. The van der Waals surface area contributed by atoms with Gasteiger partial charge in [0.15, 0.2) is 12.1 Å². The summed E-state index contributed by atoms with van der Waals surface area (Å²) in [6, 6.07) is 2.91. The molecule has 5 heteroatoms. The Kier molecular flexibility index (Phi) is 4.97. The van der Waals surface area contributed by atoms with Gasteiger partial charge in [-0.15, -0.1) is 0 Å². The van der Waals surface area contributed by atoms with Crippen LogP contribution in [-0.2, 0) is 0 Å². The van der Waals surface area contributed by atoms with E-state index in [0.717, 1.165) is 0 Å². The Labute approximate surface area is 121 Å². The second kappa shape index (κ2) is 5.95. The highest BCUT2D eigenvalue weighted by Crippen LogP contribution is 2.39. The molecule has 20 heavy (non-hydrogen) atoms. The van der Waals surface area contributed by atoms with Crippen molar-refractivity contribution in [3.8, 4) is 11.5 Å².